The van der Waals surface area contributed by atoms with Crippen LogP contribution in [0.25, 0.3) is 10.9 Å². The summed E-state index contributed by atoms with van der Waals surface area (Å²) in [4.78, 5) is 7.32. The van der Waals surface area contributed by atoms with Crippen molar-refractivity contribution >= 4 is 28.2 Å². The van der Waals surface area contributed by atoms with Crippen molar-refractivity contribution in [1.29, 1.82) is 0 Å². The second-order valence-electron chi connectivity index (χ2n) is 4.09. The Balaban J connectivity index is 1.79. The van der Waals surface area contributed by atoms with Crippen LogP contribution >= 0.6 is 11.6 Å². The molecule has 0 amide bonds. The molecule has 0 atom stereocenters. The Labute approximate surface area is 110 Å². The van der Waals surface area contributed by atoms with E-state index in [1.807, 2.05) is 18.2 Å². The Morgan fingerprint density at radius 1 is 1.22 bits per heavy atom. The highest BCUT2D eigenvalue weighted by molar-refractivity contribution is 6.33. The lowest BCUT2D eigenvalue weighted by molar-refractivity contribution is 1.08. The lowest BCUT2D eigenvalue weighted by atomic mass is 10.2. The van der Waals surface area contributed by atoms with E-state index in [-0.39, 0.29) is 0 Å². The van der Waals surface area contributed by atoms with Crippen LogP contribution in [0.2, 0.25) is 5.02 Å². The van der Waals surface area contributed by atoms with E-state index in [9.17, 15) is 0 Å². The maximum atomic E-state index is 6.03. The molecule has 2 heterocycles. The summed E-state index contributed by atoms with van der Waals surface area (Å²) in [6.45, 7) is 0.707. The van der Waals surface area contributed by atoms with Crippen molar-refractivity contribution in [2.24, 2.45) is 0 Å². The van der Waals surface area contributed by atoms with Gasteiger partial charge in [-0.3, -0.25) is 4.98 Å². The highest BCUT2D eigenvalue weighted by Crippen LogP contribution is 2.21. The molecule has 2 aromatic heterocycles. The van der Waals surface area contributed by atoms with Gasteiger partial charge in [-0.1, -0.05) is 29.8 Å². The fraction of sp³-hybridized carbons (Fsp3) is 0.0714. The van der Waals surface area contributed by atoms with Crippen molar-refractivity contribution in [2.75, 3.05) is 5.32 Å². The molecular weight excluding hydrogens is 246 g/mol. The molecule has 1 aromatic carbocycles. The molecule has 0 aliphatic heterocycles. The van der Waals surface area contributed by atoms with Crippen molar-refractivity contribution in [3.8, 4) is 0 Å². The largest absolute Gasteiger partial charge is 0.378 e. The fourth-order valence-corrected chi connectivity index (χ4v) is 2.12. The van der Waals surface area contributed by atoms with Crippen molar-refractivity contribution in [1.82, 2.24) is 9.97 Å². The van der Waals surface area contributed by atoms with E-state index in [2.05, 4.69) is 33.5 Å². The van der Waals surface area contributed by atoms with Crippen molar-refractivity contribution in [3.05, 3.63) is 59.5 Å². The first-order chi connectivity index (χ1) is 8.83. The summed E-state index contributed by atoms with van der Waals surface area (Å²) in [5.41, 5.74) is 3.17. The van der Waals surface area contributed by atoms with Crippen LogP contribution in [0.15, 0.2) is 48.8 Å². The Kier molecular flexibility index (Phi) is 2.90. The number of hydrogen-bond acceptors (Lipinski definition) is 2. The van der Waals surface area contributed by atoms with Gasteiger partial charge in [0.25, 0.3) is 0 Å². The van der Waals surface area contributed by atoms with Gasteiger partial charge >= 0.3 is 0 Å². The lowest BCUT2D eigenvalue weighted by Crippen LogP contribution is -2.00. The van der Waals surface area contributed by atoms with Gasteiger partial charge < -0.3 is 10.3 Å². The van der Waals surface area contributed by atoms with Gasteiger partial charge in [0.05, 0.1) is 17.3 Å². The minimum atomic E-state index is 0.633. The standard InChI is InChI=1S/C14H12ClN3/c15-12-9-16-6-5-14(12)17-8-11-7-10-3-1-2-4-13(10)18-11/h1-7,9,18H,8H2,(H,16,17). The van der Waals surface area contributed by atoms with E-state index < -0.39 is 0 Å². The molecule has 18 heavy (non-hydrogen) atoms. The number of nitrogens with zero attached hydrogens (tertiary/aromatic N) is 1. The molecule has 0 aliphatic carbocycles. The van der Waals surface area contributed by atoms with Crippen molar-refractivity contribution in [2.45, 2.75) is 6.54 Å². The molecule has 90 valence electrons. The normalized spacial score (nSPS) is 10.7. The summed E-state index contributed by atoms with van der Waals surface area (Å²) in [5, 5.41) is 5.14. The summed E-state index contributed by atoms with van der Waals surface area (Å²) < 4.78 is 0. The second kappa shape index (κ2) is 4.70. The molecule has 2 N–H and O–H groups in total. The van der Waals surface area contributed by atoms with Gasteiger partial charge in [-0.05, 0) is 23.6 Å². The molecule has 0 radical (unpaired) electrons. The lowest BCUT2D eigenvalue weighted by Gasteiger charge is -2.05. The molecule has 4 heteroatoms. The summed E-state index contributed by atoms with van der Waals surface area (Å²) >= 11 is 6.03. The summed E-state index contributed by atoms with van der Waals surface area (Å²) in [5.74, 6) is 0. The zero-order chi connectivity index (χ0) is 12.4. The van der Waals surface area contributed by atoms with Gasteiger partial charge in [0, 0.05) is 23.6 Å². The molecule has 3 aromatic rings. The molecule has 3 rings (SSSR count). The average molecular weight is 258 g/mol. The highest BCUT2D eigenvalue weighted by Gasteiger charge is 2.02. The summed E-state index contributed by atoms with van der Waals surface area (Å²) in [7, 11) is 0. The Morgan fingerprint density at radius 3 is 2.94 bits per heavy atom. The van der Waals surface area contributed by atoms with Crippen LogP contribution in [0.5, 0.6) is 0 Å². The number of hydrogen-bond donors (Lipinski definition) is 2. The predicted molar refractivity (Wildman–Crippen MR) is 74.9 cm³/mol. The van der Waals surface area contributed by atoms with Crippen LogP contribution in [-0.4, -0.2) is 9.97 Å². The first-order valence-corrected chi connectivity index (χ1v) is 6.11. The fourth-order valence-electron chi connectivity index (χ4n) is 1.94. The number of halogens is 1. The first-order valence-electron chi connectivity index (χ1n) is 5.73. The third-order valence-corrected chi connectivity index (χ3v) is 3.13. The number of fused-ring (bicyclic) bond motifs is 1. The van der Waals surface area contributed by atoms with E-state index in [0.29, 0.717) is 11.6 Å². The number of benzene rings is 1. The molecule has 0 bridgehead atoms. The maximum Gasteiger partial charge on any atom is 0.0820 e. The maximum absolute atomic E-state index is 6.03. The van der Waals surface area contributed by atoms with Gasteiger partial charge in [0.1, 0.15) is 0 Å². The van der Waals surface area contributed by atoms with E-state index in [1.54, 1.807) is 12.4 Å². The van der Waals surface area contributed by atoms with Gasteiger partial charge in [-0.2, -0.15) is 0 Å². The highest BCUT2D eigenvalue weighted by atomic mass is 35.5. The van der Waals surface area contributed by atoms with E-state index in [4.69, 9.17) is 11.6 Å². The SMILES string of the molecule is Clc1cnccc1NCc1cc2ccccc2[nH]1. The number of rotatable bonds is 3. The molecule has 0 unspecified atom stereocenters. The minimum absolute atomic E-state index is 0.633. The van der Waals surface area contributed by atoms with Gasteiger partial charge in [-0.25, -0.2) is 0 Å². The predicted octanol–water partition coefficient (Wildman–Crippen LogP) is 3.83. The van der Waals surface area contributed by atoms with Crippen LogP contribution in [0.3, 0.4) is 0 Å². The second-order valence-corrected chi connectivity index (χ2v) is 4.50. The average Bonchev–Trinajstić information content (AvgIpc) is 2.80. The van der Waals surface area contributed by atoms with E-state index >= 15 is 0 Å². The number of para-hydroxylation sites is 1. The Morgan fingerprint density at radius 2 is 2.11 bits per heavy atom. The van der Waals surface area contributed by atoms with Crippen LogP contribution in [-0.2, 0) is 6.54 Å². The van der Waals surface area contributed by atoms with Gasteiger partial charge in [0.2, 0.25) is 0 Å². The summed E-state index contributed by atoms with van der Waals surface area (Å²) in [6, 6.07) is 12.2. The molecule has 0 saturated carbocycles. The number of H-pyrrole nitrogens is 1. The zero-order valence-corrected chi connectivity index (χ0v) is 10.4. The molecule has 0 aliphatic rings. The topological polar surface area (TPSA) is 40.7 Å². The van der Waals surface area contributed by atoms with E-state index in [0.717, 1.165) is 16.9 Å². The number of nitrogens with one attached hydrogen (secondary N) is 2. The number of anilines is 1. The quantitative estimate of drug-likeness (QED) is 0.749. The van der Waals surface area contributed by atoms with Gasteiger partial charge in [-0.15, -0.1) is 0 Å². The molecular formula is C14H12ClN3. The van der Waals surface area contributed by atoms with E-state index in [1.165, 1.54) is 5.39 Å². The molecule has 3 nitrogen and oxygen atoms in total. The number of aromatic amines is 1. The van der Waals surface area contributed by atoms with Gasteiger partial charge in [0.15, 0.2) is 0 Å². The molecule has 0 fully saturated rings. The minimum Gasteiger partial charge on any atom is -0.378 e. The van der Waals surface area contributed by atoms with Crippen molar-refractivity contribution in [3.63, 3.8) is 0 Å². The third kappa shape index (κ3) is 2.17. The zero-order valence-electron chi connectivity index (χ0n) is 9.65. The summed E-state index contributed by atoms with van der Waals surface area (Å²) in [6.07, 6.45) is 3.36. The van der Waals surface area contributed by atoms with Crippen LogP contribution in [0, 0.1) is 0 Å². The van der Waals surface area contributed by atoms with Crippen LogP contribution in [0.1, 0.15) is 5.69 Å². The smallest absolute Gasteiger partial charge is 0.0820 e. The van der Waals surface area contributed by atoms with Crippen LogP contribution < -0.4 is 5.32 Å². The third-order valence-electron chi connectivity index (χ3n) is 2.83. The molecule has 0 saturated heterocycles. The first kappa shape index (κ1) is 11.1. The Bertz CT molecular complexity index is 642. The van der Waals surface area contributed by atoms with Crippen molar-refractivity contribution < 1.29 is 0 Å². The number of pyridine rings is 1. The number of aromatic nitrogens is 2. The molecule has 0 spiro atoms. The van der Waals surface area contributed by atoms with Crippen LogP contribution in [0.4, 0.5) is 5.69 Å². The monoisotopic (exact) mass is 257 g/mol. The Hall–Kier alpha value is -2.00.